The molecular weight excluding hydrogens is 370 g/mol. The lowest BCUT2D eigenvalue weighted by molar-refractivity contribution is -0.384. The van der Waals surface area contributed by atoms with E-state index in [0.717, 1.165) is 17.2 Å². The van der Waals surface area contributed by atoms with Gasteiger partial charge in [-0.15, -0.1) is 11.3 Å². The van der Waals surface area contributed by atoms with Crippen LogP contribution >= 0.6 is 22.9 Å². The van der Waals surface area contributed by atoms with E-state index in [-0.39, 0.29) is 16.4 Å². The van der Waals surface area contributed by atoms with Crippen LogP contribution in [0.3, 0.4) is 0 Å². The van der Waals surface area contributed by atoms with E-state index in [2.05, 4.69) is 10.3 Å². The summed E-state index contributed by atoms with van der Waals surface area (Å²) in [4.78, 5) is 37.6. The Bertz CT molecular complexity index is 849. The van der Waals surface area contributed by atoms with E-state index in [1.807, 2.05) is 6.92 Å². The number of benzene rings is 1. The summed E-state index contributed by atoms with van der Waals surface area (Å²) < 4.78 is 4.78. The molecule has 0 bridgehead atoms. The van der Waals surface area contributed by atoms with Crippen LogP contribution in [-0.2, 0) is 14.3 Å². The van der Waals surface area contributed by atoms with Crippen LogP contribution in [0.4, 0.5) is 11.4 Å². The average molecular weight is 382 g/mol. The van der Waals surface area contributed by atoms with Gasteiger partial charge in [-0.25, -0.2) is 9.78 Å². The van der Waals surface area contributed by atoms with Gasteiger partial charge >= 0.3 is 5.97 Å². The zero-order valence-corrected chi connectivity index (χ0v) is 14.5. The molecule has 1 aromatic carbocycles. The highest BCUT2D eigenvalue weighted by Gasteiger charge is 2.14. The molecule has 1 heterocycles. The number of rotatable bonds is 6. The van der Waals surface area contributed by atoms with Crippen molar-refractivity contribution < 1.29 is 19.2 Å². The number of halogens is 1. The lowest BCUT2D eigenvalue weighted by Crippen LogP contribution is -2.20. The Morgan fingerprint density at radius 3 is 2.88 bits per heavy atom. The van der Waals surface area contributed by atoms with Crippen molar-refractivity contribution in [3.8, 4) is 0 Å². The van der Waals surface area contributed by atoms with Crippen molar-refractivity contribution in [2.24, 2.45) is 0 Å². The molecular formula is C15H12ClN3O5S. The third-order valence-corrected chi connectivity index (χ3v) is 3.91. The number of hydrogen-bond donors (Lipinski definition) is 1. The van der Waals surface area contributed by atoms with Crippen LogP contribution in [0.1, 0.15) is 10.7 Å². The maximum Gasteiger partial charge on any atom is 0.331 e. The van der Waals surface area contributed by atoms with Crippen molar-refractivity contribution in [3.05, 3.63) is 55.5 Å². The Balaban J connectivity index is 1.86. The first-order chi connectivity index (χ1) is 11.8. The molecule has 10 heteroatoms. The van der Waals surface area contributed by atoms with Crippen molar-refractivity contribution in [2.75, 3.05) is 11.9 Å². The molecule has 25 heavy (non-hydrogen) atoms. The number of esters is 1. The van der Waals surface area contributed by atoms with E-state index in [0.29, 0.717) is 5.69 Å². The van der Waals surface area contributed by atoms with Crippen LogP contribution in [0.25, 0.3) is 6.08 Å². The Morgan fingerprint density at radius 2 is 2.24 bits per heavy atom. The molecule has 130 valence electrons. The number of nitro benzene ring substituents is 1. The van der Waals surface area contributed by atoms with Gasteiger partial charge in [0.1, 0.15) is 5.02 Å². The van der Waals surface area contributed by atoms with Gasteiger partial charge in [-0.05, 0) is 25.1 Å². The standard InChI is InChI=1S/C15H12ClN3O5S/c1-9-17-11(8-25-9)3-5-15(21)24-7-14(20)18-10-2-4-12(16)13(6-10)19(22)23/h2-6,8H,7H2,1H3,(H,18,20)/b5-3+. The molecule has 2 aromatic rings. The molecule has 0 atom stereocenters. The van der Waals surface area contributed by atoms with Crippen LogP contribution in [0.2, 0.25) is 5.02 Å². The summed E-state index contributed by atoms with van der Waals surface area (Å²) >= 11 is 7.13. The summed E-state index contributed by atoms with van der Waals surface area (Å²) in [5, 5.41) is 15.8. The molecule has 0 spiro atoms. The molecule has 0 aliphatic heterocycles. The zero-order valence-electron chi connectivity index (χ0n) is 12.9. The van der Waals surface area contributed by atoms with E-state index in [9.17, 15) is 19.7 Å². The van der Waals surface area contributed by atoms with Gasteiger partial charge < -0.3 is 10.1 Å². The third kappa shape index (κ3) is 5.66. The van der Waals surface area contributed by atoms with Crippen molar-refractivity contribution in [1.82, 2.24) is 4.98 Å². The minimum Gasteiger partial charge on any atom is -0.452 e. The second kappa shape index (κ2) is 8.36. The molecule has 0 unspecified atom stereocenters. The number of hydrogen-bond acceptors (Lipinski definition) is 7. The molecule has 0 fully saturated rings. The van der Waals surface area contributed by atoms with Crippen LogP contribution in [-0.4, -0.2) is 28.4 Å². The Kier molecular flexibility index (Phi) is 6.20. The van der Waals surface area contributed by atoms with Gasteiger partial charge in [-0.1, -0.05) is 11.6 Å². The number of nitrogens with zero attached hydrogens (tertiary/aromatic N) is 2. The summed E-state index contributed by atoms with van der Waals surface area (Å²) in [6.07, 6.45) is 2.64. The Morgan fingerprint density at radius 1 is 1.48 bits per heavy atom. The Labute approximate surface area is 151 Å². The van der Waals surface area contributed by atoms with Crippen molar-refractivity contribution in [1.29, 1.82) is 0 Å². The monoisotopic (exact) mass is 381 g/mol. The van der Waals surface area contributed by atoms with E-state index < -0.39 is 23.4 Å². The van der Waals surface area contributed by atoms with E-state index in [1.165, 1.54) is 29.5 Å². The van der Waals surface area contributed by atoms with Crippen molar-refractivity contribution >= 4 is 52.3 Å². The van der Waals surface area contributed by atoms with Crippen LogP contribution in [0.5, 0.6) is 0 Å². The predicted octanol–water partition coefficient (Wildman–Crippen LogP) is 3.21. The molecule has 1 aromatic heterocycles. The van der Waals surface area contributed by atoms with Gasteiger partial charge in [0, 0.05) is 23.2 Å². The van der Waals surface area contributed by atoms with Gasteiger partial charge in [0.25, 0.3) is 11.6 Å². The molecule has 2 rings (SSSR count). The summed E-state index contributed by atoms with van der Waals surface area (Å²) in [6, 6.07) is 3.81. The van der Waals surface area contributed by atoms with E-state index >= 15 is 0 Å². The molecule has 0 aliphatic carbocycles. The van der Waals surface area contributed by atoms with Gasteiger partial charge in [-0.2, -0.15) is 0 Å². The van der Waals surface area contributed by atoms with Gasteiger partial charge in [0.15, 0.2) is 6.61 Å². The summed E-state index contributed by atoms with van der Waals surface area (Å²) in [5.41, 5.74) is 0.459. The number of thiazole rings is 1. The van der Waals surface area contributed by atoms with E-state index in [4.69, 9.17) is 16.3 Å². The maximum absolute atomic E-state index is 11.7. The first-order valence-electron chi connectivity index (χ1n) is 6.86. The van der Waals surface area contributed by atoms with Crippen LogP contribution in [0.15, 0.2) is 29.7 Å². The quantitative estimate of drug-likeness (QED) is 0.356. The fourth-order valence-corrected chi connectivity index (χ4v) is 2.49. The second-order valence-electron chi connectivity index (χ2n) is 4.70. The number of nitrogens with one attached hydrogen (secondary N) is 1. The topological polar surface area (TPSA) is 111 Å². The molecule has 1 amide bonds. The smallest absolute Gasteiger partial charge is 0.331 e. The number of anilines is 1. The lowest BCUT2D eigenvalue weighted by Gasteiger charge is -2.05. The van der Waals surface area contributed by atoms with Crippen molar-refractivity contribution in [3.63, 3.8) is 0 Å². The fraction of sp³-hybridized carbons (Fsp3) is 0.133. The highest BCUT2D eigenvalue weighted by atomic mass is 35.5. The van der Waals surface area contributed by atoms with Gasteiger partial charge in [0.05, 0.1) is 15.6 Å². The van der Waals surface area contributed by atoms with E-state index in [1.54, 1.807) is 5.38 Å². The highest BCUT2D eigenvalue weighted by molar-refractivity contribution is 7.09. The Hall–Kier alpha value is -2.78. The van der Waals surface area contributed by atoms with Crippen LogP contribution < -0.4 is 5.32 Å². The predicted molar refractivity (Wildman–Crippen MR) is 93.6 cm³/mol. The second-order valence-corrected chi connectivity index (χ2v) is 6.17. The molecule has 0 aliphatic rings. The number of ether oxygens (including phenoxy) is 1. The molecule has 8 nitrogen and oxygen atoms in total. The third-order valence-electron chi connectivity index (χ3n) is 2.80. The number of amides is 1. The molecule has 1 N–H and O–H groups in total. The normalized spacial score (nSPS) is 10.6. The van der Waals surface area contributed by atoms with Crippen molar-refractivity contribution in [2.45, 2.75) is 6.92 Å². The average Bonchev–Trinajstić information content (AvgIpc) is 2.98. The minimum absolute atomic E-state index is 0.0446. The highest BCUT2D eigenvalue weighted by Crippen LogP contribution is 2.27. The molecule has 0 saturated carbocycles. The summed E-state index contributed by atoms with van der Waals surface area (Å²) in [6.45, 7) is 1.31. The SMILES string of the molecule is Cc1nc(/C=C/C(=O)OCC(=O)Nc2ccc(Cl)c([N+](=O)[O-])c2)cs1. The minimum atomic E-state index is -0.706. The molecule has 0 saturated heterocycles. The lowest BCUT2D eigenvalue weighted by atomic mass is 10.3. The number of carbonyl (C=O) groups is 2. The summed E-state index contributed by atoms with van der Waals surface area (Å²) in [5.74, 6) is -1.34. The summed E-state index contributed by atoms with van der Waals surface area (Å²) in [7, 11) is 0. The molecule has 0 radical (unpaired) electrons. The van der Waals surface area contributed by atoms with Crippen LogP contribution in [0, 0.1) is 17.0 Å². The first kappa shape index (κ1) is 18.6. The zero-order chi connectivity index (χ0) is 18.4. The number of aryl methyl sites for hydroxylation is 1. The van der Waals surface area contributed by atoms with Gasteiger partial charge in [0.2, 0.25) is 0 Å². The number of carbonyl (C=O) groups excluding carboxylic acids is 2. The number of aromatic nitrogens is 1. The van der Waals surface area contributed by atoms with Gasteiger partial charge in [-0.3, -0.25) is 14.9 Å². The maximum atomic E-state index is 11.7. The largest absolute Gasteiger partial charge is 0.452 e. The first-order valence-corrected chi connectivity index (χ1v) is 8.11. The fourth-order valence-electron chi connectivity index (χ4n) is 1.72. The number of nitro groups is 1.